The second-order valence-corrected chi connectivity index (χ2v) is 6.30. The van der Waals surface area contributed by atoms with Gasteiger partial charge in [-0.25, -0.2) is 15.0 Å². The van der Waals surface area contributed by atoms with Crippen LogP contribution < -0.4 is 4.90 Å². The molecule has 0 bridgehead atoms. The number of amides is 1. The van der Waals surface area contributed by atoms with Gasteiger partial charge in [-0.2, -0.15) is 0 Å². The molecule has 2 aromatic rings. The quantitative estimate of drug-likeness (QED) is 0.851. The Balaban J connectivity index is 1.41. The van der Waals surface area contributed by atoms with Crippen molar-refractivity contribution in [3.05, 3.63) is 42.4 Å². The third kappa shape index (κ3) is 3.20. The average molecular weight is 324 g/mol. The summed E-state index contributed by atoms with van der Waals surface area (Å²) in [5.74, 6) is 2.26. The molecule has 0 spiro atoms. The maximum absolute atomic E-state index is 12.7. The van der Waals surface area contributed by atoms with Crippen LogP contribution in [0.4, 0.5) is 5.82 Å². The molecule has 0 unspecified atom stereocenters. The number of carbonyl (C=O) groups is 1. The largest absolute Gasteiger partial charge is 0.354 e. The first kappa shape index (κ1) is 15.0. The molecule has 7 heteroatoms. The molecule has 0 aromatic carbocycles. The lowest BCUT2D eigenvalue weighted by molar-refractivity contribution is 0.0766. The monoisotopic (exact) mass is 324 g/mol. The molecule has 1 aliphatic carbocycles. The topological polar surface area (TPSA) is 75.1 Å². The molecular weight excluding hydrogens is 304 g/mol. The molecule has 0 N–H and O–H groups in total. The Morgan fingerprint density at radius 2 is 1.79 bits per heavy atom. The molecule has 124 valence electrons. The van der Waals surface area contributed by atoms with Crippen LogP contribution in [0.2, 0.25) is 0 Å². The van der Waals surface area contributed by atoms with E-state index < -0.39 is 0 Å². The zero-order chi connectivity index (χ0) is 16.4. The number of hydrogen-bond donors (Lipinski definition) is 0. The first-order chi connectivity index (χ1) is 11.8. The fourth-order valence-corrected chi connectivity index (χ4v) is 2.99. The number of hydrogen-bond acceptors (Lipinski definition) is 6. The van der Waals surface area contributed by atoms with Gasteiger partial charge >= 0.3 is 0 Å². The Hall–Kier alpha value is -2.57. The summed E-state index contributed by atoms with van der Waals surface area (Å²) in [5, 5.41) is 0. The highest BCUT2D eigenvalue weighted by Crippen LogP contribution is 2.37. The van der Waals surface area contributed by atoms with E-state index in [-0.39, 0.29) is 5.91 Å². The van der Waals surface area contributed by atoms with Crippen LogP contribution in [0, 0.1) is 0 Å². The normalized spacial score (nSPS) is 18.3. The van der Waals surface area contributed by atoms with Gasteiger partial charge in [0.05, 0.1) is 11.8 Å². The average Bonchev–Trinajstić information content (AvgIpc) is 3.49. The maximum Gasteiger partial charge on any atom is 0.257 e. The van der Waals surface area contributed by atoms with Crippen molar-refractivity contribution in [1.82, 2.24) is 24.8 Å². The van der Waals surface area contributed by atoms with E-state index in [0.29, 0.717) is 18.0 Å². The number of aromatic nitrogens is 4. The van der Waals surface area contributed by atoms with Gasteiger partial charge in [0.15, 0.2) is 0 Å². The van der Waals surface area contributed by atoms with Crippen LogP contribution >= 0.6 is 0 Å². The van der Waals surface area contributed by atoms with Gasteiger partial charge in [-0.15, -0.1) is 0 Å². The number of rotatable bonds is 3. The van der Waals surface area contributed by atoms with Crippen molar-refractivity contribution in [3.63, 3.8) is 0 Å². The smallest absolute Gasteiger partial charge is 0.257 e. The van der Waals surface area contributed by atoms with Crippen LogP contribution in [0.3, 0.4) is 0 Å². The molecule has 7 nitrogen and oxygen atoms in total. The predicted molar refractivity (Wildman–Crippen MR) is 88.8 cm³/mol. The van der Waals surface area contributed by atoms with E-state index in [9.17, 15) is 4.79 Å². The molecule has 1 amide bonds. The second-order valence-electron chi connectivity index (χ2n) is 6.30. The molecule has 0 radical (unpaired) electrons. The highest BCUT2D eigenvalue weighted by Gasteiger charge is 2.27. The fraction of sp³-hybridized carbons (Fsp3) is 0.471. The van der Waals surface area contributed by atoms with Crippen LogP contribution in [0.25, 0.3) is 0 Å². The van der Waals surface area contributed by atoms with Gasteiger partial charge in [0, 0.05) is 56.9 Å². The minimum atomic E-state index is 0.0124. The van der Waals surface area contributed by atoms with Crippen LogP contribution in [-0.4, -0.2) is 56.9 Å². The minimum Gasteiger partial charge on any atom is -0.354 e. The van der Waals surface area contributed by atoms with Crippen molar-refractivity contribution in [2.45, 2.75) is 25.2 Å². The van der Waals surface area contributed by atoms with Crippen molar-refractivity contribution < 1.29 is 4.79 Å². The first-order valence-corrected chi connectivity index (χ1v) is 8.43. The Bertz CT molecular complexity index is 701. The summed E-state index contributed by atoms with van der Waals surface area (Å²) in [6.45, 7) is 3.03. The third-order valence-electron chi connectivity index (χ3n) is 4.52. The van der Waals surface area contributed by atoms with E-state index >= 15 is 0 Å². The molecule has 2 fully saturated rings. The molecule has 2 aliphatic rings. The van der Waals surface area contributed by atoms with Gasteiger partial charge in [-0.05, 0) is 19.3 Å². The predicted octanol–water partition coefficient (Wildman–Crippen LogP) is 1.50. The van der Waals surface area contributed by atoms with Gasteiger partial charge in [-0.1, -0.05) is 0 Å². The SMILES string of the molecule is O=C(c1cnc(C2CC2)nc1)N1CCCN(c2cnccn2)CC1. The van der Waals surface area contributed by atoms with Gasteiger partial charge in [0.25, 0.3) is 5.91 Å². The van der Waals surface area contributed by atoms with Gasteiger partial charge in [0.2, 0.25) is 0 Å². The lowest BCUT2D eigenvalue weighted by Crippen LogP contribution is -2.35. The van der Waals surface area contributed by atoms with Gasteiger partial charge in [-0.3, -0.25) is 9.78 Å². The van der Waals surface area contributed by atoms with Crippen LogP contribution in [0.1, 0.15) is 41.4 Å². The lowest BCUT2D eigenvalue weighted by Gasteiger charge is -2.22. The summed E-state index contributed by atoms with van der Waals surface area (Å²) in [6.07, 6.45) is 11.7. The molecular formula is C17H20N6O. The highest BCUT2D eigenvalue weighted by molar-refractivity contribution is 5.93. The van der Waals surface area contributed by atoms with E-state index in [0.717, 1.165) is 50.5 Å². The molecule has 1 aliphatic heterocycles. The third-order valence-corrected chi connectivity index (χ3v) is 4.52. The van der Waals surface area contributed by atoms with Gasteiger partial charge < -0.3 is 9.80 Å². The zero-order valence-corrected chi connectivity index (χ0v) is 13.5. The number of carbonyl (C=O) groups excluding carboxylic acids is 1. The Labute approximate surface area is 140 Å². The van der Waals surface area contributed by atoms with Crippen molar-refractivity contribution in [2.75, 3.05) is 31.1 Å². The van der Waals surface area contributed by atoms with E-state index in [1.165, 1.54) is 0 Å². The van der Waals surface area contributed by atoms with E-state index in [4.69, 9.17) is 0 Å². The lowest BCUT2D eigenvalue weighted by atomic mass is 10.2. The van der Waals surface area contributed by atoms with Crippen LogP contribution in [-0.2, 0) is 0 Å². The van der Waals surface area contributed by atoms with Crippen molar-refractivity contribution in [2.24, 2.45) is 0 Å². The van der Waals surface area contributed by atoms with Crippen molar-refractivity contribution in [3.8, 4) is 0 Å². The summed E-state index contributed by atoms with van der Waals surface area (Å²) in [5.41, 5.74) is 0.576. The molecule has 3 heterocycles. The molecule has 24 heavy (non-hydrogen) atoms. The zero-order valence-electron chi connectivity index (χ0n) is 13.5. The standard InChI is InChI=1S/C17H20N6O/c24-17(14-10-20-16(21-11-14)13-2-3-13)23-7-1-6-22(8-9-23)15-12-18-4-5-19-15/h4-5,10-13H,1-3,6-9H2. The van der Waals surface area contributed by atoms with E-state index in [1.54, 1.807) is 31.0 Å². The summed E-state index contributed by atoms with van der Waals surface area (Å²) in [7, 11) is 0. The van der Waals surface area contributed by atoms with Crippen molar-refractivity contribution in [1.29, 1.82) is 0 Å². The molecule has 0 atom stereocenters. The van der Waals surface area contributed by atoms with Crippen LogP contribution in [0.15, 0.2) is 31.0 Å². The minimum absolute atomic E-state index is 0.0124. The summed E-state index contributed by atoms with van der Waals surface area (Å²) < 4.78 is 0. The fourth-order valence-electron chi connectivity index (χ4n) is 2.99. The molecule has 1 saturated heterocycles. The molecule has 1 saturated carbocycles. The Morgan fingerprint density at radius 1 is 0.958 bits per heavy atom. The van der Waals surface area contributed by atoms with Crippen molar-refractivity contribution >= 4 is 11.7 Å². The molecule has 4 rings (SSSR count). The van der Waals surface area contributed by atoms with E-state index in [2.05, 4.69) is 24.8 Å². The second kappa shape index (κ2) is 6.51. The van der Waals surface area contributed by atoms with Gasteiger partial charge in [0.1, 0.15) is 11.6 Å². The number of anilines is 1. The Kier molecular flexibility index (Phi) is 4.06. The summed E-state index contributed by atoms with van der Waals surface area (Å²) in [6, 6.07) is 0. The maximum atomic E-state index is 12.7. The summed E-state index contributed by atoms with van der Waals surface area (Å²) in [4.78, 5) is 33.9. The number of nitrogens with zero attached hydrogens (tertiary/aromatic N) is 6. The van der Waals surface area contributed by atoms with E-state index in [1.807, 2.05) is 4.90 Å². The Morgan fingerprint density at radius 3 is 2.50 bits per heavy atom. The first-order valence-electron chi connectivity index (χ1n) is 8.43. The molecule has 2 aromatic heterocycles. The summed E-state index contributed by atoms with van der Waals surface area (Å²) >= 11 is 0. The van der Waals surface area contributed by atoms with Crippen LogP contribution in [0.5, 0.6) is 0 Å². The highest BCUT2D eigenvalue weighted by atomic mass is 16.2.